The van der Waals surface area contributed by atoms with Crippen LogP contribution >= 0.6 is 0 Å². The number of hydrogen-bond donors (Lipinski definition) is 1. The zero-order chi connectivity index (χ0) is 24.4. The average Bonchev–Trinajstić information content (AvgIpc) is 2.86. The predicted molar refractivity (Wildman–Crippen MR) is 129 cm³/mol. The highest BCUT2D eigenvalue weighted by Crippen LogP contribution is 2.45. The molecule has 4 nitrogen and oxygen atoms in total. The van der Waals surface area contributed by atoms with E-state index in [1.807, 2.05) is 0 Å². The standard InChI is InChI=1S/C27H49NO3/c1-18(15-24(3,4)5)12-13-27(11,28)26(9,10)16-19(2)21(17-25(6,7)8)20-14-22(29)31-23(20)30/h12,19-21H,13-17,28H2,1-11H3/b18-12+. The van der Waals surface area contributed by atoms with Crippen LogP contribution in [0.5, 0.6) is 0 Å². The van der Waals surface area contributed by atoms with Crippen molar-refractivity contribution < 1.29 is 14.3 Å². The number of nitrogens with two attached hydrogens (primary N) is 1. The van der Waals surface area contributed by atoms with Crippen LogP contribution in [-0.4, -0.2) is 17.5 Å². The molecule has 180 valence electrons. The normalized spacial score (nSPS) is 22.8. The Morgan fingerprint density at radius 2 is 1.58 bits per heavy atom. The quantitative estimate of drug-likeness (QED) is 0.249. The third kappa shape index (κ3) is 8.71. The third-order valence-electron chi connectivity index (χ3n) is 7.06. The fourth-order valence-corrected chi connectivity index (χ4v) is 5.03. The number of carbonyl (C=O) groups is 2. The molecule has 1 fully saturated rings. The Hall–Kier alpha value is -1.16. The molecule has 0 amide bonds. The number of rotatable bonds is 9. The van der Waals surface area contributed by atoms with Crippen molar-refractivity contribution in [1.29, 1.82) is 0 Å². The first kappa shape index (κ1) is 27.9. The minimum Gasteiger partial charge on any atom is -0.393 e. The van der Waals surface area contributed by atoms with E-state index in [0.717, 1.165) is 25.7 Å². The molecule has 0 spiro atoms. The molecule has 31 heavy (non-hydrogen) atoms. The molecule has 4 atom stereocenters. The van der Waals surface area contributed by atoms with Crippen LogP contribution in [0.1, 0.15) is 108 Å². The van der Waals surface area contributed by atoms with E-state index in [2.05, 4.69) is 82.2 Å². The molecule has 1 aliphatic heterocycles. The van der Waals surface area contributed by atoms with E-state index < -0.39 is 0 Å². The molecule has 4 unspecified atom stereocenters. The summed E-state index contributed by atoms with van der Waals surface area (Å²) in [4.78, 5) is 24.2. The summed E-state index contributed by atoms with van der Waals surface area (Å²) in [5.74, 6) is -0.716. The Morgan fingerprint density at radius 1 is 1.03 bits per heavy atom. The van der Waals surface area contributed by atoms with Gasteiger partial charge in [-0.1, -0.05) is 74.0 Å². The van der Waals surface area contributed by atoms with Crippen molar-refractivity contribution in [2.24, 2.45) is 39.7 Å². The van der Waals surface area contributed by atoms with Crippen molar-refractivity contribution in [3.05, 3.63) is 11.6 Å². The van der Waals surface area contributed by atoms with Crippen molar-refractivity contribution in [3.63, 3.8) is 0 Å². The number of carbonyl (C=O) groups excluding carboxylic acids is 2. The van der Waals surface area contributed by atoms with Gasteiger partial charge in [0, 0.05) is 5.54 Å². The van der Waals surface area contributed by atoms with Crippen LogP contribution < -0.4 is 5.73 Å². The first-order chi connectivity index (χ1) is 13.7. The number of hydrogen-bond acceptors (Lipinski definition) is 4. The molecule has 0 aliphatic carbocycles. The van der Waals surface area contributed by atoms with E-state index in [0.29, 0.717) is 0 Å². The van der Waals surface area contributed by atoms with Crippen LogP contribution in [-0.2, 0) is 14.3 Å². The van der Waals surface area contributed by atoms with Gasteiger partial charge < -0.3 is 10.5 Å². The zero-order valence-electron chi connectivity index (χ0n) is 22.1. The van der Waals surface area contributed by atoms with E-state index in [4.69, 9.17) is 10.5 Å². The maximum atomic E-state index is 12.4. The van der Waals surface area contributed by atoms with Crippen molar-refractivity contribution in [3.8, 4) is 0 Å². The monoisotopic (exact) mass is 435 g/mol. The molecule has 0 aromatic rings. The van der Waals surface area contributed by atoms with E-state index >= 15 is 0 Å². The zero-order valence-corrected chi connectivity index (χ0v) is 22.1. The van der Waals surface area contributed by atoms with Gasteiger partial charge in [-0.2, -0.15) is 0 Å². The lowest BCUT2D eigenvalue weighted by atomic mass is 9.62. The highest BCUT2D eigenvalue weighted by Gasteiger charge is 2.45. The topological polar surface area (TPSA) is 69.4 Å². The van der Waals surface area contributed by atoms with Crippen molar-refractivity contribution in [2.75, 3.05) is 0 Å². The molecule has 1 heterocycles. The molecular formula is C27H49NO3. The van der Waals surface area contributed by atoms with Gasteiger partial charge >= 0.3 is 11.9 Å². The minimum atomic E-state index is -0.386. The van der Waals surface area contributed by atoms with E-state index in [-0.39, 0.29) is 57.9 Å². The second kappa shape index (κ2) is 9.77. The SMILES string of the molecule is C/C(=C\CC(C)(N)C(C)(C)CC(C)C(CC(C)(C)C)C1CC(=O)OC1=O)CC(C)(C)C. The van der Waals surface area contributed by atoms with Gasteiger partial charge in [0.1, 0.15) is 0 Å². The third-order valence-corrected chi connectivity index (χ3v) is 7.06. The molecule has 1 aliphatic rings. The Bertz CT molecular complexity index is 674. The van der Waals surface area contributed by atoms with Gasteiger partial charge in [0.15, 0.2) is 0 Å². The smallest absolute Gasteiger partial charge is 0.317 e. The van der Waals surface area contributed by atoms with Crippen LogP contribution in [0.4, 0.5) is 0 Å². The van der Waals surface area contributed by atoms with Gasteiger partial charge in [-0.3, -0.25) is 9.59 Å². The summed E-state index contributed by atoms with van der Waals surface area (Å²) in [5, 5.41) is 0. The fraction of sp³-hybridized carbons (Fsp3) is 0.852. The van der Waals surface area contributed by atoms with Crippen molar-refractivity contribution >= 4 is 11.9 Å². The predicted octanol–water partition coefficient (Wildman–Crippen LogP) is 6.67. The largest absolute Gasteiger partial charge is 0.393 e. The maximum absolute atomic E-state index is 12.4. The molecule has 1 rings (SSSR count). The van der Waals surface area contributed by atoms with E-state index in [9.17, 15) is 9.59 Å². The lowest BCUT2D eigenvalue weighted by molar-refractivity contribution is -0.154. The van der Waals surface area contributed by atoms with Gasteiger partial charge in [-0.25, -0.2) is 0 Å². The highest BCUT2D eigenvalue weighted by atomic mass is 16.6. The van der Waals surface area contributed by atoms with Crippen LogP contribution in [0.2, 0.25) is 0 Å². The highest BCUT2D eigenvalue weighted by molar-refractivity contribution is 5.94. The van der Waals surface area contributed by atoms with Gasteiger partial charge in [0.2, 0.25) is 0 Å². The lowest BCUT2D eigenvalue weighted by Gasteiger charge is -2.45. The van der Waals surface area contributed by atoms with Gasteiger partial charge in [0.05, 0.1) is 12.3 Å². The van der Waals surface area contributed by atoms with E-state index in [1.165, 1.54) is 5.57 Å². The molecule has 0 aromatic carbocycles. The molecule has 0 bridgehead atoms. The number of allylic oxidation sites excluding steroid dienone is 1. The fourth-order valence-electron chi connectivity index (χ4n) is 5.03. The summed E-state index contributed by atoms with van der Waals surface area (Å²) in [6.07, 6.45) is 6.16. The molecule has 4 heteroatoms. The lowest BCUT2D eigenvalue weighted by Crippen LogP contribution is -2.51. The number of esters is 2. The summed E-state index contributed by atoms with van der Waals surface area (Å²) in [6.45, 7) is 24.4. The molecule has 0 saturated carbocycles. The summed E-state index contributed by atoms with van der Waals surface area (Å²) >= 11 is 0. The van der Waals surface area contributed by atoms with Gasteiger partial charge in [-0.15, -0.1) is 0 Å². The maximum Gasteiger partial charge on any atom is 0.317 e. The first-order valence-electron chi connectivity index (χ1n) is 11.9. The second-order valence-corrected chi connectivity index (χ2v) is 13.5. The summed E-state index contributed by atoms with van der Waals surface area (Å²) in [6, 6.07) is 0. The van der Waals surface area contributed by atoms with Crippen LogP contribution in [0.25, 0.3) is 0 Å². The molecule has 0 radical (unpaired) electrons. The summed E-state index contributed by atoms with van der Waals surface area (Å²) in [7, 11) is 0. The Morgan fingerprint density at radius 3 is 2.00 bits per heavy atom. The second-order valence-electron chi connectivity index (χ2n) is 13.5. The first-order valence-corrected chi connectivity index (χ1v) is 11.9. The number of cyclic esters (lactones) is 2. The van der Waals surface area contributed by atoms with Crippen molar-refractivity contribution in [2.45, 2.75) is 114 Å². The average molecular weight is 436 g/mol. The molecular weight excluding hydrogens is 386 g/mol. The Balaban J connectivity index is 3.01. The Kier molecular flexibility index (Phi) is 8.78. The Labute approximate surface area is 191 Å². The van der Waals surface area contributed by atoms with Gasteiger partial charge in [0.25, 0.3) is 0 Å². The minimum absolute atomic E-state index is 0.0633. The van der Waals surface area contributed by atoms with Crippen LogP contribution in [0.15, 0.2) is 11.6 Å². The van der Waals surface area contributed by atoms with Crippen LogP contribution in [0, 0.1) is 34.0 Å². The van der Waals surface area contributed by atoms with Crippen LogP contribution in [0.3, 0.4) is 0 Å². The molecule has 1 saturated heterocycles. The van der Waals surface area contributed by atoms with E-state index in [1.54, 1.807) is 0 Å². The molecule has 2 N–H and O–H groups in total. The summed E-state index contributed by atoms with van der Waals surface area (Å²) < 4.78 is 4.91. The summed E-state index contributed by atoms with van der Waals surface area (Å²) in [5.41, 5.74) is 8.10. The van der Waals surface area contributed by atoms with Gasteiger partial charge in [-0.05, 0) is 67.6 Å². The molecule has 0 aromatic heterocycles. The number of ether oxygens (including phenoxy) is 1. The van der Waals surface area contributed by atoms with Crippen molar-refractivity contribution in [1.82, 2.24) is 0 Å².